The van der Waals surface area contributed by atoms with Crippen molar-refractivity contribution in [1.82, 2.24) is 5.16 Å². The number of ether oxygens (including phenoxy) is 2. The van der Waals surface area contributed by atoms with Gasteiger partial charge in [-0.15, -0.1) is 0 Å². The van der Waals surface area contributed by atoms with Gasteiger partial charge < -0.3 is 14.0 Å². The average Bonchev–Trinajstić information content (AvgIpc) is 3.01. The summed E-state index contributed by atoms with van der Waals surface area (Å²) in [6.45, 7) is 8.53. The first-order valence-corrected chi connectivity index (χ1v) is 9.05. The van der Waals surface area contributed by atoms with E-state index >= 15 is 0 Å². The molecule has 0 aliphatic heterocycles. The second kappa shape index (κ2) is 7.28. The highest BCUT2D eigenvalue weighted by molar-refractivity contribution is 6.30. The van der Waals surface area contributed by atoms with E-state index in [-0.39, 0.29) is 11.3 Å². The van der Waals surface area contributed by atoms with Gasteiger partial charge in [-0.05, 0) is 23.6 Å². The molecule has 0 aliphatic rings. The third-order valence-corrected chi connectivity index (χ3v) is 4.34. The number of fused-ring (bicyclic) bond motifs is 1. The van der Waals surface area contributed by atoms with Crippen molar-refractivity contribution in [3.63, 3.8) is 0 Å². The number of benzene rings is 2. The number of aromatic nitrogens is 1. The molecule has 146 valence electrons. The standard InChI is InChI=1S/C21H20ClNO5/c1-11(24)26-16-10-15(21(3,4)5)19(27-12(2)25)17-18(23-28-20(16)17)13-6-8-14(22)9-7-13/h6-10H,1-5H3. The minimum Gasteiger partial charge on any atom is -0.426 e. The highest BCUT2D eigenvalue weighted by atomic mass is 35.5. The molecule has 1 heterocycles. The fourth-order valence-corrected chi connectivity index (χ4v) is 3.03. The summed E-state index contributed by atoms with van der Waals surface area (Å²) in [6, 6.07) is 8.67. The van der Waals surface area contributed by atoms with E-state index in [1.165, 1.54) is 13.8 Å². The number of hydrogen-bond donors (Lipinski definition) is 0. The molecule has 0 radical (unpaired) electrons. The van der Waals surface area contributed by atoms with Crippen molar-refractivity contribution in [1.29, 1.82) is 0 Å². The molecule has 0 saturated heterocycles. The van der Waals surface area contributed by atoms with E-state index in [1.807, 2.05) is 20.8 Å². The van der Waals surface area contributed by atoms with Crippen LogP contribution in [0.5, 0.6) is 11.5 Å². The number of esters is 2. The maximum absolute atomic E-state index is 11.8. The van der Waals surface area contributed by atoms with Crippen molar-refractivity contribution in [2.45, 2.75) is 40.0 Å². The first kappa shape index (κ1) is 19.9. The van der Waals surface area contributed by atoms with Crippen molar-refractivity contribution in [2.24, 2.45) is 0 Å². The quantitative estimate of drug-likeness (QED) is 0.438. The molecule has 0 unspecified atom stereocenters. The lowest BCUT2D eigenvalue weighted by atomic mass is 9.84. The molecule has 0 N–H and O–H groups in total. The highest BCUT2D eigenvalue weighted by Gasteiger charge is 2.30. The Hall–Kier alpha value is -2.86. The van der Waals surface area contributed by atoms with E-state index in [2.05, 4.69) is 5.16 Å². The van der Waals surface area contributed by atoms with E-state index in [0.717, 1.165) is 5.56 Å². The first-order valence-electron chi connectivity index (χ1n) is 8.67. The first-order chi connectivity index (χ1) is 13.1. The van der Waals surface area contributed by atoms with Gasteiger partial charge in [0.15, 0.2) is 5.75 Å². The van der Waals surface area contributed by atoms with Gasteiger partial charge in [0.1, 0.15) is 11.4 Å². The predicted molar refractivity (Wildman–Crippen MR) is 106 cm³/mol. The van der Waals surface area contributed by atoms with Gasteiger partial charge in [0.05, 0.1) is 5.39 Å². The minimum atomic E-state index is -0.495. The van der Waals surface area contributed by atoms with E-state index in [4.69, 9.17) is 25.6 Å². The number of nitrogens with zero attached hydrogens (tertiary/aromatic N) is 1. The normalized spacial score (nSPS) is 11.5. The van der Waals surface area contributed by atoms with Crippen LogP contribution in [0.3, 0.4) is 0 Å². The van der Waals surface area contributed by atoms with Gasteiger partial charge in [-0.2, -0.15) is 0 Å². The molecule has 0 atom stereocenters. The molecule has 0 spiro atoms. The average molecular weight is 402 g/mol. The zero-order valence-electron chi connectivity index (χ0n) is 16.3. The maximum Gasteiger partial charge on any atom is 0.308 e. The van der Waals surface area contributed by atoms with Crippen LogP contribution in [0.2, 0.25) is 5.02 Å². The van der Waals surface area contributed by atoms with Crippen molar-refractivity contribution in [3.05, 3.63) is 40.9 Å². The summed E-state index contributed by atoms with van der Waals surface area (Å²) in [5, 5.41) is 5.19. The van der Waals surface area contributed by atoms with Crippen molar-refractivity contribution >= 4 is 34.5 Å². The molecule has 3 aromatic rings. The lowest BCUT2D eigenvalue weighted by Gasteiger charge is -2.23. The molecule has 1 aromatic heterocycles. The monoisotopic (exact) mass is 401 g/mol. The van der Waals surface area contributed by atoms with E-state index in [0.29, 0.717) is 27.4 Å². The maximum atomic E-state index is 11.8. The van der Waals surface area contributed by atoms with E-state index in [9.17, 15) is 9.59 Å². The summed E-state index contributed by atoms with van der Waals surface area (Å²) in [5.74, 6) is -0.422. The summed E-state index contributed by atoms with van der Waals surface area (Å²) in [6.07, 6.45) is 0. The Morgan fingerprint density at radius 3 is 2.18 bits per heavy atom. The van der Waals surface area contributed by atoms with Crippen LogP contribution >= 0.6 is 11.6 Å². The topological polar surface area (TPSA) is 78.6 Å². The molecule has 2 aromatic carbocycles. The van der Waals surface area contributed by atoms with Gasteiger partial charge in [0, 0.05) is 30.0 Å². The van der Waals surface area contributed by atoms with Crippen LogP contribution in [0.4, 0.5) is 0 Å². The number of hydrogen-bond acceptors (Lipinski definition) is 6. The molecule has 0 amide bonds. The Morgan fingerprint density at radius 1 is 1.04 bits per heavy atom. The number of carbonyl (C=O) groups is 2. The Morgan fingerprint density at radius 2 is 1.64 bits per heavy atom. The molecule has 0 saturated carbocycles. The fourth-order valence-electron chi connectivity index (χ4n) is 2.91. The molecule has 7 heteroatoms. The molecule has 6 nitrogen and oxygen atoms in total. The van der Waals surface area contributed by atoms with Crippen molar-refractivity contribution in [2.75, 3.05) is 0 Å². The zero-order chi connectivity index (χ0) is 20.6. The van der Waals surface area contributed by atoms with Crippen LogP contribution in [-0.2, 0) is 15.0 Å². The molecule has 28 heavy (non-hydrogen) atoms. The van der Waals surface area contributed by atoms with Crippen LogP contribution in [0.1, 0.15) is 40.2 Å². The van der Waals surface area contributed by atoms with Gasteiger partial charge >= 0.3 is 11.9 Å². The highest BCUT2D eigenvalue weighted by Crippen LogP contribution is 2.46. The Kier molecular flexibility index (Phi) is 5.17. The second-order valence-electron chi connectivity index (χ2n) is 7.43. The summed E-state index contributed by atoms with van der Waals surface area (Å²) < 4.78 is 16.4. The molecule has 0 aliphatic carbocycles. The van der Waals surface area contributed by atoms with Crippen LogP contribution in [0.25, 0.3) is 22.2 Å². The van der Waals surface area contributed by atoms with Crippen molar-refractivity contribution in [3.8, 4) is 22.8 Å². The fraction of sp³-hybridized carbons (Fsp3) is 0.286. The zero-order valence-corrected chi connectivity index (χ0v) is 17.0. The lowest BCUT2D eigenvalue weighted by molar-refractivity contribution is -0.133. The summed E-state index contributed by atoms with van der Waals surface area (Å²) in [7, 11) is 0. The Balaban J connectivity index is 2.41. The van der Waals surface area contributed by atoms with Crippen LogP contribution < -0.4 is 9.47 Å². The van der Waals surface area contributed by atoms with Gasteiger partial charge in [-0.25, -0.2) is 0 Å². The smallest absolute Gasteiger partial charge is 0.308 e. The summed E-state index contributed by atoms with van der Waals surface area (Å²) >= 11 is 5.99. The largest absolute Gasteiger partial charge is 0.426 e. The number of rotatable bonds is 3. The Labute approximate surface area is 167 Å². The van der Waals surface area contributed by atoms with E-state index < -0.39 is 17.4 Å². The molecule has 3 rings (SSSR count). The summed E-state index contributed by atoms with van der Waals surface area (Å²) in [4.78, 5) is 23.4. The molecular weight excluding hydrogens is 382 g/mol. The number of halogens is 1. The van der Waals surface area contributed by atoms with Gasteiger partial charge in [0.25, 0.3) is 0 Å². The Bertz CT molecular complexity index is 1060. The van der Waals surface area contributed by atoms with Crippen LogP contribution in [0, 0.1) is 0 Å². The van der Waals surface area contributed by atoms with Crippen molar-refractivity contribution < 1.29 is 23.6 Å². The van der Waals surface area contributed by atoms with Crippen LogP contribution in [0.15, 0.2) is 34.9 Å². The van der Waals surface area contributed by atoms with Gasteiger partial charge in [-0.1, -0.05) is 49.7 Å². The summed E-state index contributed by atoms with van der Waals surface area (Å²) in [5.41, 5.74) is 1.68. The number of carbonyl (C=O) groups excluding carboxylic acids is 2. The second-order valence-corrected chi connectivity index (χ2v) is 7.87. The molecular formula is C21H20ClNO5. The third kappa shape index (κ3) is 3.87. The van der Waals surface area contributed by atoms with Gasteiger partial charge in [0.2, 0.25) is 5.58 Å². The third-order valence-electron chi connectivity index (χ3n) is 4.09. The van der Waals surface area contributed by atoms with E-state index in [1.54, 1.807) is 30.3 Å². The lowest BCUT2D eigenvalue weighted by Crippen LogP contribution is -2.16. The van der Waals surface area contributed by atoms with Gasteiger partial charge in [-0.3, -0.25) is 9.59 Å². The molecule has 0 fully saturated rings. The minimum absolute atomic E-state index is 0.219. The van der Waals surface area contributed by atoms with Crippen LogP contribution in [-0.4, -0.2) is 17.1 Å². The predicted octanol–water partition coefficient (Wildman–Crippen LogP) is 5.30. The molecule has 0 bridgehead atoms. The SMILES string of the molecule is CC(=O)Oc1cc(C(C)(C)C)c(OC(C)=O)c2c(-c3ccc(Cl)cc3)noc12.